The average Bonchev–Trinajstić information content (AvgIpc) is 2.86. The van der Waals surface area contributed by atoms with E-state index in [0.29, 0.717) is 31.8 Å². The number of ether oxygens (including phenoxy) is 1. The smallest absolute Gasteiger partial charge is 0.303 e. The molecule has 0 fully saturated rings. The summed E-state index contributed by atoms with van der Waals surface area (Å²) in [6.45, 7) is 2.98. The number of aryl methyl sites for hydroxylation is 2. The third kappa shape index (κ3) is 4.87. The van der Waals surface area contributed by atoms with Crippen LogP contribution in [0.4, 0.5) is 0 Å². The molecule has 2 aromatic rings. The molecule has 1 heterocycles. The van der Waals surface area contributed by atoms with E-state index in [2.05, 4.69) is 15.5 Å². The van der Waals surface area contributed by atoms with Gasteiger partial charge in [0.15, 0.2) is 5.82 Å². The van der Waals surface area contributed by atoms with Gasteiger partial charge in [-0.05, 0) is 41.5 Å². The zero-order chi connectivity index (χ0) is 15.1. The number of carbonyl (C=O) groups is 1. The SMILES string of the molecule is Cc1cccc(OCCc2nnnn2CCCC(=O)O)c1. The van der Waals surface area contributed by atoms with Gasteiger partial charge in [0, 0.05) is 19.4 Å². The van der Waals surface area contributed by atoms with Gasteiger partial charge in [-0.15, -0.1) is 5.10 Å². The van der Waals surface area contributed by atoms with Crippen molar-refractivity contribution >= 4 is 5.97 Å². The summed E-state index contributed by atoms with van der Waals surface area (Å²) in [6, 6.07) is 7.83. The number of benzene rings is 1. The van der Waals surface area contributed by atoms with Gasteiger partial charge in [-0.1, -0.05) is 12.1 Å². The van der Waals surface area contributed by atoms with Gasteiger partial charge in [-0.25, -0.2) is 4.68 Å². The topological polar surface area (TPSA) is 90.1 Å². The molecule has 0 radical (unpaired) electrons. The van der Waals surface area contributed by atoms with Crippen molar-refractivity contribution in [1.82, 2.24) is 20.2 Å². The van der Waals surface area contributed by atoms with Crippen LogP contribution >= 0.6 is 0 Å². The lowest BCUT2D eigenvalue weighted by atomic mass is 10.2. The van der Waals surface area contributed by atoms with E-state index in [0.717, 1.165) is 11.3 Å². The van der Waals surface area contributed by atoms with Crippen LogP contribution < -0.4 is 4.74 Å². The van der Waals surface area contributed by atoms with Crippen molar-refractivity contribution < 1.29 is 14.6 Å². The number of tetrazole rings is 1. The van der Waals surface area contributed by atoms with Crippen molar-refractivity contribution in [3.63, 3.8) is 0 Å². The summed E-state index contributed by atoms with van der Waals surface area (Å²) < 4.78 is 7.28. The lowest BCUT2D eigenvalue weighted by Crippen LogP contribution is -2.11. The number of rotatable bonds is 8. The summed E-state index contributed by atoms with van der Waals surface area (Å²) in [5.74, 6) is 0.709. The molecule has 0 aliphatic rings. The third-order valence-corrected chi connectivity index (χ3v) is 2.95. The molecule has 2 rings (SSSR count). The van der Waals surface area contributed by atoms with Gasteiger partial charge in [-0.3, -0.25) is 4.79 Å². The van der Waals surface area contributed by atoms with E-state index in [1.807, 2.05) is 31.2 Å². The number of aromatic nitrogens is 4. The van der Waals surface area contributed by atoms with Gasteiger partial charge >= 0.3 is 5.97 Å². The largest absolute Gasteiger partial charge is 0.493 e. The molecule has 7 nitrogen and oxygen atoms in total. The van der Waals surface area contributed by atoms with Crippen LogP contribution in [0.5, 0.6) is 5.75 Å². The van der Waals surface area contributed by atoms with Gasteiger partial charge in [0.25, 0.3) is 0 Å². The van der Waals surface area contributed by atoms with Gasteiger partial charge in [-0.2, -0.15) is 0 Å². The fraction of sp³-hybridized carbons (Fsp3) is 0.429. The lowest BCUT2D eigenvalue weighted by molar-refractivity contribution is -0.137. The molecule has 21 heavy (non-hydrogen) atoms. The van der Waals surface area contributed by atoms with Crippen LogP contribution in [-0.4, -0.2) is 37.9 Å². The molecule has 7 heteroatoms. The fourth-order valence-corrected chi connectivity index (χ4v) is 1.92. The van der Waals surface area contributed by atoms with Crippen LogP contribution in [0.15, 0.2) is 24.3 Å². The predicted octanol–water partition coefficient (Wildman–Crippen LogP) is 1.47. The van der Waals surface area contributed by atoms with Crippen LogP contribution in [0, 0.1) is 6.92 Å². The first-order chi connectivity index (χ1) is 10.1. The maximum atomic E-state index is 10.5. The Balaban J connectivity index is 1.80. The average molecular weight is 290 g/mol. The molecule has 0 atom stereocenters. The predicted molar refractivity (Wildman–Crippen MR) is 75.1 cm³/mol. The number of carboxylic acids is 1. The molecule has 0 aliphatic carbocycles. The normalized spacial score (nSPS) is 10.5. The molecular weight excluding hydrogens is 272 g/mol. The van der Waals surface area contributed by atoms with E-state index in [9.17, 15) is 4.79 Å². The Morgan fingerprint density at radius 2 is 2.29 bits per heavy atom. The molecular formula is C14H18N4O3. The Labute approximate surface area is 122 Å². The number of hydrogen-bond donors (Lipinski definition) is 1. The second-order valence-electron chi connectivity index (χ2n) is 4.73. The lowest BCUT2D eigenvalue weighted by Gasteiger charge is -2.07. The molecule has 0 aliphatic heterocycles. The summed E-state index contributed by atoms with van der Waals surface area (Å²) >= 11 is 0. The first-order valence-electron chi connectivity index (χ1n) is 6.81. The Bertz CT molecular complexity index is 597. The quantitative estimate of drug-likeness (QED) is 0.791. The zero-order valence-electron chi connectivity index (χ0n) is 11.9. The van der Waals surface area contributed by atoms with Crippen LogP contribution in [0.25, 0.3) is 0 Å². The highest BCUT2D eigenvalue weighted by Gasteiger charge is 2.07. The molecule has 0 saturated carbocycles. The van der Waals surface area contributed by atoms with Gasteiger partial charge in [0.2, 0.25) is 0 Å². The summed E-state index contributed by atoms with van der Waals surface area (Å²) in [5.41, 5.74) is 1.14. The number of carboxylic acid groups (broad SMARTS) is 1. The molecule has 1 N–H and O–H groups in total. The molecule has 1 aromatic heterocycles. The number of aliphatic carboxylic acids is 1. The minimum Gasteiger partial charge on any atom is -0.493 e. The van der Waals surface area contributed by atoms with Gasteiger partial charge < -0.3 is 9.84 Å². The standard InChI is InChI=1S/C14H18N4O3/c1-11-4-2-5-12(10-11)21-9-7-13-15-16-17-18(13)8-3-6-14(19)20/h2,4-5,10H,3,6-9H2,1H3,(H,19,20). The summed E-state index contributed by atoms with van der Waals surface area (Å²) in [4.78, 5) is 10.5. The van der Waals surface area contributed by atoms with E-state index in [-0.39, 0.29) is 6.42 Å². The third-order valence-electron chi connectivity index (χ3n) is 2.95. The van der Waals surface area contributed by atoms with Gasteiger partial charge in [0.1, 0.15) is 5.75 Å². The second-order valence-corrected chi connectivity index (χ2v) is 4.73. The zero-order valence-corrected chi connectivity index (χ0v) is 11.9. The molecule has 1 aromatic carbocycles. The summed E-state index contributed by atoms with van der Waals surface area (Å²) in [5, 5.41) is 20.0. The van der Waals surface area contributed by atoms with Crippen molar-refractivity contribution in [1.29, 1.82) is 0 Å². The Morgan fingerprint density at radius 1 is 1.43 bits per heavy atom. The van der Waals surface area contributed by atoms with Crippen LogP contribution in [0.1, 0.15) is 24.2 Å². The number of hydrogen-bond acceptors (Lipinski definition) is 5. The van der Waals surface area contributed by atoms with Gasteiger partial charge in [0.05, 0.1) is 6.61 Å². The number of nitrogens with zero attached hydrogens (tertiary/aromatic N) is 4. The minimum absolute atomic E-state index is 0.110. The van der Waals surface area contributed by atoms with Crippen molar-refractivity contribution in [2.24, 2.45) is 0 Å². The van der Waals surface area contributed by atoms with Crippen LogP contribution in [0.2, 0.25) is 0 Å². The summed E-state index contributed by atoms with van der Waals surface area (Å²) in [7, 11) is 0. The molecule has 0 unspecified atom stereocenters. The molecule has 0 spiro atoms. The first-order valence-corrected chi connectivity index (χ1v) is 6.81. The highest BCUT2D eigenvalue weighted by atomic mass is 16.5. The van der Waals surface area contributed by atoms with Crippen LogP contribution in [-0.2, 0) is 17.8 Å². The molecule has 0 bridgehead atoms. The first kappa shape index (κ1) is 15.0. The minimum atomic E-state index is -0.813. The van der Waals surface area contributed by atoms with Crippen molar-refractivity contribution in [3.05, 3.63) is 35.7 Å². The maximum Gasteiger partial charge on any atom is 0.303 e. The van der Waals surface area contributed by atoms with Crippen molar-refractivity contribution in [2.45, 2.75) is 32.7 Å². The highest BCUT2D eigenvalue weighted by Crippen LogP contribution is 2.12. The maximum absolute atomic E-state index is 10.5. The Kier molecular flexibility index (Phi) is 5.25. The van der Waals surface area contributed by atoms with E-state index in [4.69, 9.17) is 9.84 Å². The fourth-order valence-electron chi connectivity index (χ4n) is 1.92. The Morgan fingerprint density at radius 3 is 3.05 bits per heavy atom. The van der Waals surface area contributed by atoms with E-state index < -0.39 is 5.97 Å². The summed E-state index contributed by atoms with van der Waals surface area (Å²) in [6.07, 6.45) is 1.19. The van der Waals surface area contributed by atoms with Crippen molar-refractivity contribution in [3.8, 4) is 5.75 Å². The monoisotopic (exact) mass is 290 g/mol. The van der Waals surface area contributed by atoms with Crippen LogP contribution in [0.3, 0.4) is 0 Å². The second kappa shape index (κ2) is 7.37. The van der Waals surface area contributed by atoms with E-state index >= 15 is 0 Å². The highest BCUT2D eigenvalue weighted by molar-refractivity contribution is 5.66. The van der Waals surface area contributed by atoms with E-state index in [1.54, 1.807) is 4.68 Å². The molecule has 0 amide bonds. The van der Waals surface area contributed by atoms with E-state index in [1.165, 1.54) is 0 Å². The molecule has 0 saturated heterocycles. The molecule has 112 valence electrons. The Hall–Kier alpha value is -2.44. The van der Waals surface area contributed by atoms with Crippen molar-refractivity contribution in [2.75, 3.05) is 6.61 Å².